The number of hydrogen-bond acceptors (Lipinski definition) is 5. The molecule has 2 aromatic rings. The quantitative estimate of drug-likeness (QED) is 0.820. The second kappa shape index (κ2) is 7.74. The van der Waals surface area contributed by atoms with Gasteiger partial charge in [0.15, 0.2) is 0 Å². The zero-order chi connectivity index (χ0) is 17.9. The molecule has 9 heteroatoms. The number of aromatic nitrogens is 2. The number of benzene rings is 1. The van der Waals surface area contributed by atoms with Gasteiger partial charge in [-0.1, -0.05) is 11.6 Å². The van der Waals surface area contributed by atoms with Gasteiger partial charge >= 0.3 is 0 Å². The predicted molar refractivity (Wildman–Crippen MR) is 94.8 cm³/mol. The van der Waals surface area contributed by atoms with Crippen molar-refractivity contribution in [2.24, 2.45) is 5.92 Å². The molecule has 1 saturated heterocycles. The molecule has 136 valence electrons. The summed E-state index contributed by atoms with van der Waals surface area (Å²) in [5.74, 6) is 0.666. The Bertz CT molecular complexity index is 807. The molecule has 0 bridgehead atoms. The summed E-state index contributed by atoms with van der Waals surface area (Å²) in [5.41, 5.74) is 0.872. The summed E-state index contributed by atoms with van der Waals surface area (Å²) in [7, 11) is -3.26. The molecule has 1 aromatic carbocycles. The van der Waals surface area contributed by atoms with E-state index in [1.165, 1.54) is 6.26 Å². The number of sulfonamides is 1. The monoisotopic (exact) mass is 385 g/mol. The van der Waals surface area contributed by atoms with Gasteiger partial charge in [-0.15, -0.1) is 0 Å². The molecule has 0 amide bonds. The first-order chi connectivity index (χ1) is 11.9. The first-order valence-corrected chi connectivity index (χ1v) is 10.2. The smallest absolute Gasteiger partial charge is 0.208 e. The minimum absolute atomic E-state index is 0.0342. The first-order valence-electron chi connectivity index (χ1n) is 7.89. The molecule has 0 saturated carbocycles. The van der Waals surface area contributed by atoms with E-state index in [-0.39, 0.29) is 12.0 Å². The summed E-state index contributed by atoms with van der Waals surface area (Å²) in [6, 6.07) is 7.26. The SMILES string of the molecule is CS(=O)(=O)NC1CCOCC1COc1ccc(-n2cc(Cl)cn2)cc1. The molecule has 1 N–H and O–H groups in total. The Kier molecular flexibility index (Phi) is 5.63. The van der Waals surface area contributed by atoms with Gasteiger partial charge in [-0.2, -0.15) is 5.10 Å². The first kappa shape index (κ1) is 18.2. The molecule has 0 spiro atoms. The van der Waals surface area contributed by atoms with Crippen LogP contribution in [0.25, 0.3) is 5.69 Å². The van der Waals surface area contributed by atoms with Gasteiger partial charge in [-0.05, 0) is 30.7 Å². The van der Waals surface area contributed by atoms with E-state index in [9.17, 15) is 8.42 Å². The second-order valence-electron chi connectivity index (χ2n) is 6.03. The van der Waals surface area contributed by atoms with Crippen molar-refractivity contribution in [1.29, 1.82) is 0 Å². The number of rotatable bonds is 6. The van der Waals surface area contributed by atoms with Crippen LogP contribution in [0.4, 0.5) is 0 Å². The Morgan fingerprint density at radius 2 is 2.16 bits per heavy atom. The molecule has 1 aliphatic rings. The van der Waals surface area contributed by atoms with Crippen LogP contribution in [0.5, 0.6) is 5.75 Å². The lowest BCUT2D eigenvalue weighted by atomic mass is 9.98. The van der Waals surface area contributed by atoms with Crippen LogP contribution in [-0.2, 0) is 14.8 Å². The summed E-state index contributed by atoms with van der Waals surface area (Å²) in [5, 5.41) is 4.71. The molecule has 1 fully saturated rings. The van der Waals surface area contributed by atoms with E-state index in [0.717, 1.165) is 5.69 Å². The van der Waals surface area contributed by atoms with E-state index in [1.807, 2.05) is 24.3 Å². The fraction of sp³-hybridized carbons (Fsp3) is 0.438. The predicted octanol–water partition coefficient (Wildman–Crippen LogP) is 1.86. The highest BCUT2D eigenvalue weighted by atomic mass is 35.5. The molecule has 2 heterocycles. The third-order valence-corrected chi connectivity index (χ3v) is 4.88. The van der Waals surface area contributed by atoms with Crippen LogP contribution in [-0.4, -0.2) is 50.3 Å². The van der Waals surface area contributed by atoms with E-state index >= 15 is 0 Å². The number of nitrogens with zero attached hydrogens (tertiary/aromatic N) is 2. The molecular weight excluding hydrogens is 366 g/mol. The van der Waals surface area contributed by atoms with Crippen LogP contribution < -0.4 is 9.46 Å². The number of nitrogens with one attached hydrogen (secondary N) is 1. The van der Waals surface area contributed by atoms with Crippen LogP contribution in [0, 0.1) is 5.92 Å². The highest BCUT2D eigenvalue weighted by Crippen LogP contribution is 2.20. The van der Waals surface area contributed by atoms with Crippen molar-refractivity contribution >= 4 is 21.6 Å². The van der Waals surface area contributed by atoms with Crippen LogP contribution in [0.2, 0.25) is 5.02 Å². The van der Waals surface area contributed by atoms with Crippen LogP contribution in [0.1, 0.15) is 6.42 Å². The van der Waals surface area contributed by atoms with Crippen LogP contribution >= 0.6 is 11.6 Å². The molecule has 1 aliphatic heterocycles. The maximum absolute atomic E-state index is 11.5. The Labute approximate surface area is 151 Å². The summed E-state index contributed by atoms with van der Waals surface area (Å²) < 4.78 is 38.6. The van der Waals surface area contributed by atoms with Crippen LogP contribution in [0.3, 0.4) is 0 Å². The molecule has 2 atom stereocenters. The molecule has 7 nitrogen and oxygen atoms in total. The molecule has 2 unspecified atom stereocenters. The zero-order valence-corrected chi connectivity index (χ0v) is 15.3. The lowest BCUT2D eigenvalue weighted by Gasteiger charge is -2.31. The highest BCUT2D eigenvalue weighted by Gasteiger charge is 2.28. The van der Waals surface area contributed by atoms with Gasteiger partial charge in [0.05, 0.1) is 36.4 Å². The average Bonchev–Trinajstić information content (AvgIpc) is 3.00. The van der Waals surface area contributed by atoms with Gasteiger partial charge in [0.25, 0.3) is 0 Å². The van der Waals surface area contributed by atoms with Crippen molar-refractivity contribution in [1.82, 2.24) is 14.5 Å². The Hall–Kier alpha value is -1.61. The van der Waals surface area contributed by atoms with E-state index in [4.69, 9.17) is 21.1 Å². The van der Waals surface area contributed by atoms with Crippen molar-refractivity contribution in [2.45, 2.75) is 12.5 Å². The molecule has 0 radical (unpaired) electrons. The molecule has 0 aliphatic carbocycles. The van der Waals surface area contributed by atoms with Gasteiger partial charge < -0.3 is 9.47 Å². The fourth-order valence-electron chi connectivity index (χ4n) is 2.73. The molecule has 25 heavy (non-hydrogen) atoms. The van der Waals surface area contributed by atoms with E-state index in [2.05, 4.69) is 9.82 Å². The summed E-state index contributed by atoms with van der Waals surface area (Å²) >= 11 is 5.87. The summed E-state index contributed by atoms with van der Waals surface area (Å²) in [6.45, 7) is 1.39. The number of halogens is 1. The third kappa shape index (κ3) is 5.18. The minimum Gasteiger partial charge on any atom is -0.493 e. The number of ether oxygens (including phenoxy) is 2. The lowest BCUT2D eigenvalue weighted by molar-refractivity contribution is 0.0187. The van der Waals surface area contributed by atoms with Gasteiger partial charge in [0.2, 0.25) is 10.0 Å². The standard InChI is InChI=1S/C16H20ClN3O4S/c1-25(21,22)19-16-6-7-23-10-12(16)11-24-15-4-2-14(3-5-15)20-9-13(17)8-18-20/h2-5,8-9,12,16,19H,6-7,10-11H2,1H3. The number of hydrogen-bond donors (Lipinski definition) is 1. The average molecular weight is 386 g/mol. The molecular formula is C16H20ClN3O4S. The van der Waals surface area contributed by atoms with E-state index in [1.54, 1.807) is 17.1 Å². The van der Waals surface area contributed by atoms with E-state index < -0.39 is 10.0 Å². The van der Waals surface area contributed by atoms with Crippen molar-refractivity contribution in [2.75, 3.05) is 26.1 Å². The maximum Gasteiger partial charge on any atom is 0.208 e. The highest BCUT2D eigenvalue weighted by molar-refractivity contribution is 7.88. The Morgan fingerprint density at radius 3 is 2.80 bits per heavy atom. The topological polar surface area (TPSA) is 82.5 Å². The largest absolute Gasteiger partial charge is 0.493 e. The summed E-state index contributed by atoms with van der Waals surface area (Å²) in [4.78, 5) is 0. The molecule has 1 aromatic heterocycles. The third-order valence-electron chi connectivity index (χ3n) is 3.96. The van der Waals surface area contributed by atoms with Gasteiger partial charge in [-0.3, -0.25) is 0 Å². The van der Waals surface area contributed by atoms with Crippen molar-refractivity contribution in [3.05, 3.63) is 41.7 Å². The van der Waals surface area contributed by atoms with Gasteiger partial charge in [0.1, 0.15) is 5.75 Å². The maximum atomic E-state index is 11.5. The van der Waals surface area contributed by atoms with Crippen molar-refractivity contribution in [3.63, 3.8) is 0 Å². The second-order valence-corrected chi connectivity index (χ2v) is 8.24. The van der Waals surface area contributed by atoms with Crippen LogP contribution in [0.15, 0.2) is 36.7 Å². The lowest BCUT2D eigenvalue weighted by Crippen LogP contribution is -2.47. The Balaban J connectivity index is 1.60. The summed E-state index contributed by atoms with van der Waals surface area (Å²) in [6.07, 6.45) is 5.10. The fourth-order valence-corrected chi connectivity index (χ4v) is 3.73. The minimum atomic E-state index is -3.26. The Morgan fingerprint density at radius 1 is 1.40 bits per heavy atom. The van der Waals surface area contributed by atoms with Gasteiger partial charge in [-0.25, -0.2) is 17.8 Å². The molecule has 3 rings (SSSR count). The normalized spacial score (nSPS) is 21.2. The zero-order valence-electron chi connectivity index (χ0n) is 13.8. The van der Waals surface area contributed by atoms with Crippen molar-refractivity contribution < 1.29 is 17.9 Å². The van der Waals surface area contributed by atoms with E-state index in [0.29, 0.717) is 37.0 Å². The van der Waals surface area contributed by atoms with Crippen molar-refractivity contribution in [3.8, 4) is 11.4 Å². The van der Waals surface area contributed by atoms with Gasteiger partial charge in [0, 0.05) is 24.8 Å².